The predicted molar refractivity (Wildman–Crippen MR) is 87.2 cm³/mol. The molecule has 6 nitrogen and oxygen atoms in total. The largest absolute Gasteiger partial charge is 0.463 e. The highest BCUT2D eigenvalue weighted by Crippen LogP contribution is 2.00. The maximum absolute atomic E-state index is 11.3. The molecule has 0 atom stereocenters. The first-order chi connectivity index (χ1) is 11.3. The minimum Gasteiger partial charge on any atom is -0.463 e. The molecule has 0 rings (SSSR count). The third-order valence-electron chi connectivity index (χ3n) is 2.78. The Labute approximate surface area is 139 Å². The van der Waals surface area contributed by atoms with Crippen molar-refractivity contribution in [2.24, 2.45) is 0 Å². The van der Waals surface area contributed by atoms with Crippen molar-refractivity contribution in [1.82, 2.24) is 0 Å². The van der Waals surface area contributed by atoms with Gasteiger partial charge >= 0.3 is 5.97 Å². The molecule has 6 heteroatoms. The van der Waals surface area contributed by atoms with Crippen LogP contribution in [-0.4, -0.2) is 65.4 Å². The molecule has 0 unspecified atom stereocenters. The van der Waals surface area contributed by atoms with Crippen LogP contribution in [0.25, 0.3) is 0 Å². The summed E-state index contributed by atoms with van der Waals surface area (Å²) in [7, 11) is 0. The van der Waals surface area contributed by atoms with Gasteiger partial charge in [-0.3, -0.25) is 4.79 Å². The van der Waals surface area contributed by atoms with E-state index >= 15 is 0 Å². The normalized spacial score (nSPS) is 10.4. The Morgan fingerprint density at radius 1 is 0.826 bits per heavy atom. The molecule has 0 radical (unpaired) electrons. The molecule has 0 aromatic carbocycles. The molecule has 23 heavy (non-hydrogen) atoms. The smallest absolute Gasteiger partial charge is 0.305 e. The van der Waals surface area contributed by atoms with Crippen molar-refractivity contribution in [3.8, 4) is 12.3 Å². The Balaban J connectivity index is 3.08. The number of esters is 1. The summed E-state index contributed by atoms with van der Waals surface area (Å²) in [6.07, 6.45) is 8.58. The second kappa shape index (κ2) is 18.9. The Bertz CT molecular complexity index is 300. The SMILES string of the molecule is C#CCOCCOCCOCCOCCOC(=O)CCCCC. The summed E-state index contributed by atoms with van der Waals surface area (Å²) in [5.74, 6) is 2.23. The highest BCUT2D eigenvalue weighted by molar-refractivity contribution is 5.69. The van der Waals surface area contributed by atoms with Crippen LogP contribution in [-0.2, 0) is 28.5 Å². The van der Waals surface area contributed by atoms with Crippen LogP contribution in [0, 0.1) is 12.3 Å². The zero-order valence-electron chi connectivity index (χ0n) is 14.2. The van der Waals surface area contributed by atoms with Gasteiger partial charge in [0, 0.05) is 6.42 Å². The fourth-order valence-electron chi connectivity index (χ4n) is 1.60. The van der Waals surface area contributed by atoms with Crippen molar-refractivity contribution in [3.05, 3.63) is 0 Å². The summed E-state index contributed by atoms with van der Waals surface area (Å²) in [6, 6.07) is 0. The molecule has 0 bridgehead atoms. The summed E-state index contributed by atoms with van der Waals surface area (Å²) < 4.78 is 26.0. The Morgan fingerprint density at radius 3 is 1.87 bits per heavy atom. The highest BCUT2D eigenvalue weighted by atomic mass is 16.6. The van der Waals surface area contributed by atoms with Crippen LogP contribution in [0.2, 0.25) is 0 Å². The van der Waals surface area contributed by atoms with Gasteiger partial charge in [0.1, 0.15) is 13.2 Å². The van der Waals surface area contributed by atoms with Crippen LogP contribution in [0.15, 0.2) is 0 Å². The number of carbonyl (C=O) groups is 1. The van der Waals surface area contributed by atoms with Crippen LogP contribution >= 0.6 is 0 Å². The van der Waals surface area contributed by atoms with Crippen molar-refractivity contribution >= 4 is 5.97 Å². The third-order valence-corrected chi connectivity index (χ3v) is 2.78. The lowest BCUT2D eigenvalue weighted by molar-refractivity contribution is -0.145. The molecule has 0 saturated carbocycles. The maximum atomic E-state index is 11.3. The van der Waals surface area contributed by atoms with Gasteiger partial charge in [0.25, 0.3) is 0 Å². The maximum Gasteiger partial charge on any atom is 0.305 e. The first-order valence-corrected chi connectivity index (χ1v) is 8.21. The molecular weight excluding hydrogens is 300 g/mol. The molecule has 0 aromatic rings. The van der Waals surface area contributed by atoms with E-state index in [0.717, 1.165) is 19.3 Å². The number of hydrogen-bond donors (Lipinski definition) is 0. The van der Waals surface area contributed by atoms with E-state index in [4.69, 9.17) is 30.1 Å². The Morgan fingerprint density at radius 2 is 1.35 bits per heavy atom. The molecule has 134 valence electrons. The first kappa shape index (κ1) is 21.9. The minimum atomic E-state index is -0.151. The van der Waals surface area contributed by atoms with Crippen molar-refractivity contribution in [3.63, 3.8) is 0 Å². The highest BCUT2D eigenvalue weighted by Gasteiger charge is 2.01. The van der Waals surface area contributed by atoms with Crippen molar-refractivity contribution in [2.45, 2.75) is 32.6 Å². The summed E-state index contributed by atoms with van der Waals surface area (Å²) in [5.41, 5.74) is 0. The van der Waals surface area contributed by atoms with E-state index < -0.39 is 0 Å². The molecule has 0 amide bonds. The molecule has 0 fully saturated rings. The molecule has 0 spiro atoms. The molecule has 0 saturated heterocycles. The van der Waals surface area contributed by atoms with E-state index in [9.17, 15) is 4.79 Å². The average molecular weight is 330 g/mol. The van der Waals surface area contributed by atoms with Gasteiger partial charge in [-0.05, 0) is 6.42 Å². The lowest BCUT2D eigenvalue weighted by atomic mass is 10.2. The van der Waals surface area contributed by atoms with Crippen LogP contribution in [0.3, 0.4) is 0 Å². The van der Waals surface area contributed by atoms with E-state index in [1.807, 2.05) is 0 Å². The fourth-order valence-corrected chi connectivity index (χ4v) is 1.60. The second-order valence-corrected chi connectivity index (χ2v) is 4.77. The topological polar surface area (TPSA) is 63.2 Å². The summed E-state index contributed by atoms with van der Waals surface area (Å²) >= 11 is 0. The number of rotatable bonds is 17. The molecule has 0 aliphatic heterocycles. The van der Waals surface area contributed by atoms with Gasteiger partial charge in [0.05, 0.1) is 46.2 Å². The van der Waals surface area contributed by atoms with Crippen LogP contribution in [0.1, 0.15) is 32.6 Å². The van der Waals surface area contributed by atoms with Crippen LogP contribution in [0.4, 0.5) is 0 Å². The van der Waals surface area contributed by atoms with E-state index in [-0.39, 0.29) is 5.97 Å². The van der Waals surface area contributed by atoms with Crippen LogP contribution in [0.5, 0.6) is 0 Å². The average Bonchev–Trinajstić information content (AvgIpc) is 2.55. The first-order valence-electron chi connectivity index (χ1n) is 8.21. The number of ether oxygens (including phenoxy) is 5. The van der Waals surface area contributed by atoms with Gasteiger partial charge in [0.2, 0.25) is 0 Å². The third kappa shape index (κ3) is 18.8. The molecule has 0 N–H and O–H groups in total. The zero-order chi connectivity index (χ0) is 17.0. The fraction of sp³-hybridized carbons (Fsp3) is 0.824. The Hall–Kier alpha value is -1.13. The second-order valence-electron chi connectivity index (χ2n) is 4.77. The van der Waals surface area contributed by atoms with Crippen molar-refractivity contribution < 1.29 is 28.5 Å². The van der Waals surface area contributed by atoms with Crippen molar-refractivity contribution in [2.75, 3.05) is 59.5 Å². The molecule has 0 aromatic heterocycles. The molecule has 0 aliphatic carbocycles. The van der Waals surface area contributed by atoms with E-state index in [2.05, 4.69) is 12.8 Å². The van der Waals surface area contributed by atoms with Gasteiger partial charge in [-0.1, -0.05) is 25.7 Å². The quantitative estimate of drug-likeness (QED) is 0.230. The number of terminal acetylenes is 1. The zero-order valence-corrected chi connectivity index (χ0v) is 14.2. The van der Waals surface area contributed by atoms with E-state index in [0.29, 0.717) is 65.9 Å². The van der Waals surface area contributed by atoms with E-state index in [1.54, 1.807) is 0 Å². The number of unbranched alkanes of at least 4 members (excludes halogenated alkanes) is 2. The van der Waals surface area contributed by atoms with Crippen LogP contribution < -0.4 is 0 Å². The number of hydrogen-bond acceptors (Lipinski definition) is 6. The summed E-state index contributed by atoms with van der Waals surface area (Å²) in [4.78, 5) is 11.3. The van der Waals surface area contributed by atoms with Gasteiger partial charge in [0.15, 0.2) is 0 Å². The molecule has 0 heterocycles. The Kier molecular flexibility index (Phi) is 18.0. The standard InChI is InChI=1S/C17H30O6/c1-3-5-6-7-17(18)23-16-15-22-14-13-21-12-11-20-10-9-19-8-4-2/h2H,3,5-16H2,1H3. The van der Waals surface area contributed by atoms with E-state index in [1.165, 1.54) is 0 Å². The van der Waals surface area contributed by atoms with Gasteiger partial charge in [-0.15, -0.1) is 6.42 Å². The minimum absolute atomic E-state index is 0.151. The number of carbonyl (C=O) groups excluding carboxylic acids is 1. The lowest BCUT2D eigenvalue weighted by Crippen LogP contribution is -2.14. The predicted octanol–water partition coefficient (Wildman–Crippen LogP) is 1.81. The lowest BCUT2D eigenvalue weighted by Gasteiger charge is -2.07. The van der Waals surface area contributed by atoms with Gasteiger partial charge in [-0.25, -0.2) is 0 Å². The molecule has 0 aliphatic rings. The summed E-state index contributed by atoms with van der Waals surface area (Å²) in [6.45, 7) is 6.07. The monoisotopic (exact) mass is 330 g/mol. The van der Waals surface area contributed by atoms with Gasteiger partial charge < -0.3 is 23.7 Å². The van der Waals surface area contributed by atoms with Gasteiger partial charge in [-0.2, -0.15) is 0 Å². The molecular formula is C17H30O6. The van der Waals surface area contributed by atoms with Crippen molar-refractivity contribution in [1.29, 1.82) is 0 Å². The summed E-state index contributed by atoms with van der Waals surface area (Å²) in [5, 5.41) is 0.